The van der Waals surface area contributed by atoms with Crippen molar-refractivity contribution in [3.63, 3.8) is 0 Å². The van der Waals surface area contributed by atoms with Gasteiger partial charge in [-0.1, -0.05) is 0 Å². The Bertz CT molecular complexity index is 181. The second kappa shape index (κ2) is 3.49. The number of ether oxygens (including phenoxy) is 1. The van der Waals surface area contributed by atoms with Crippen LogP contribution in [0.5, 0.6) is 0 Å². The molecule has 1 heterocycles. The van der Waals surface area contributed by atoms with Gasteiger partial charge in [-0.05, 0) is 6.92 Å². The van der Waals surface area contributed by atoms with E-state index in [-0.39, 0.29) is 6.61 Å². The summed E-state index contributed by atoms with van der Waals surface area (Å²) < 4.78 is 4.83. The first-order chi connectivity index (χ1) is 5.54. The van der Waals surface area contributed by atoms with Crippen molar-refractivity contribution in [1.29, 1.82) is 0 Å². The van der Waals surface area contributed by atoms with Crippen molar-refractivity contribution in [3.8, 4) is 0 Å². The van der Waals surface area contributed by atoms with Gasteiger partial charge in [-0.15, -0.1) is 0 Å². The highest BCUT2D eigenvalue weighted by Crippen LogP contribution is 2.17. The fraction of sp³-hybridized carbons (Fsp3) is 0.857. The molecule has 1 aliphatic heterocycles. The number of Topliss-reactive ketones (excluding diaryl/α,β-unsaturated/α-hetero) is 1. The van der Waals surface area contributed by atoms with Gasteiger partial charge >= 0.3 is 0 Å². The minimum atomic E-state index is -1.35. The molecule has 1 saturated heterocycles. The number of rotatable bonds is 2. The third-order valence-electron chi connectivity index (χ3n) is 1.92. The van der Waals surface area contributed by atoms with E-state index in [9.17, 15) is 9.90 Å². The average molecular weight is 176 g/mol. The van der Waals surface area contributed by atoms with Crippen molar-refractivity contribution in [2.45, 2.75) is 31.3 Å². The molecule has 0 bridgehead atoms. The first-order valence-corrected chi connectivity index (χ1v) is 3.70. The van der Waals surface area contributed by atoms with Gasteiger partial charge in [0.1, 0.15) is 24.4 Å². The van der Waals surface area contributed by atoms with Crippen LogP contribution in [-0.2, 0) is 9.53 Å². The molecule has 0 amide bonds. The molecule has 0 aromatic carbocycles. The largest absolute Gasteiger partial charge is 0.388 e. The fourth-order valence-electron chi connectivity index (χ4n) is 1.14. The lowest BCUT2D eigenvalue weighted by atomic mass is 10.0. The van der Waals surface area contributed by atoms with Crippen LogP contribution >= 0.6 is 0 Å². The monoisotopic (exact) mass is 176 g/mol. The van der Waals surface area contributed by atoms with Gasteiger partial charge in [0, 0.05) is 0 Å². The predicted octanol–water partition coefficient (Wildman–Crippen LogP) is -1.94. The number of aliphatic hydroxyl groups is 3. The molecule has 3 N–H and O–H groups in total. The van der Waals surface area contributed by atoms with Crippen molar-refractivity contribution in [1.82, 2.24) is 0 Å². The summed E-state index contributed by atoms with van der Waals surface area (Å²) in [5.41, 5.74) is 0. The van der Waals surface area contributed by atoms with E-state index in [1.807, 2.05) is 0 Å². The Hall–Kier alpha value is -0.490. The Labute approximate surface area is 69.6 Å². The molecule has 0 aromatic rings. The first kappa shape index (κ1) is 9.60. The highest BCUT2D eigenvalue weighted by Gasteiger charge is 2.40. The minimum absolute atomic E-state index is 0.0455. The van der Waals surface area contributed by atoms with Gasteiger partial charge in [0.15, 0.2) is 5.78 Å². The second-order valence-electron chi connectivity index (χ2n) is 2.91. The van der Waals surface area contributed by atoms with Crippen LogP contribution in [0.1, 0.15) is 6.92 Å². The summed E-state index contributed by atoms with van der Waals surface area (Å²) in [6.07, 6.45) is -4.53. The number of ketones is 1. The molecular formula is C7H12O5. The van der Waals surface area contributed by atoms with E-state index >= 15 is 0 Å². The standard InChI is InChI=1S/C7H12O5/c1-3(8)5(10)7-6(11)4(9)2-12-7/h4-7,9-11H,2H2,1H3/t4-,5?,6-,7+/m0/s1. The molecule has 1 rings (SSSR count). The van der Waals surface area contributed by atoms with Crippen molar-refractivity contribution in [3.05, 3.63) is 0 Å². The van der Waals surface area contributed by atoms with Gasteiger partial charge < -0.3 is 20.1 Å². The molecule has 0 aromatic heterocycles. The molecular weight excluding hydrogens is 164 g/mol. The second-order valence-corrected chi connectivity index (χ2v) is 2.91. The van der Waals surface area contributed by atoms with Crippen LogP contribution in [0.4, 0.5) is 0 Å². The SMILES string of the molecule is CC(=O)C(O)[C@H]1OC[C@H](O)[C@@H]1O. The van der Waals surface area contributed by atoms with E-state index in [1.165, 1.54) is 6.92 Å². The van der Waals surface area contributed by atoms with Crippen molar-refractivity contribution >= 4 is 5.78 Å². The number of aliphatic hydroxyl groups excluding tert-OH is 3. The Morgan fingerprint density at radius 3 is 2.50 bits per heavy atom. The Morgan fingerprint density at radius 1 is 1.58 bits per heavy atom. The van der Waals surface area contributed by atoms with Crippen LogP contribution < -0.4 is 0 Å². The molecule has 4 atom stereocenters. The predicted molar refractivity (Wildman–Crippen MR) is 38.4 cm³/mol. The van der Waals surface area contributed by atoms with Crippen LogP contribution in [0.25, 0.3) is 0 Å². The molecule has 1 aliphatic rings. The molecule has 5 heteroatoms. The van der Waals surface area contributed by atoms with Crippen LogP contribution in [0.15, 0.2) is 0 Å². The number of carbonyl (C=O) groups excluding carboxylic acids is 1. The van der Waals surface area contributed by atoms with E-state index < -0.39 is 30.2 Å². The zero-order valence-corrected chi connectivity index (χ0v) is 6.67. The summed E-state index contributed by atoms with van der Waals surface area (Å²) in [7, 11) is 0. The van der Waals surface area contributed by atoms with E-state index in [0.717, 1.165) is 0 Å². The number of hydrogen-bond acceptors (Lipinski definition) is 5. The lowest BCUT2D eigenvalue weighted by molar-refractivity contribution is -0.135. The summed E-state index contributed by atoms with van der Waals surface area (Å²) in [6.45, 7) is 1.15. The van der Waals surface area contributed by atoms with Gasteiger partial charge in [0.05, 0.1) is 6.61 Å². The molecule has 0 aliphatic carbocycles. The third kappa shape index (κ3) is 1.64. The summed E-state index contributed by atoms with van der Waals surface area (Å²) >= 11 is 0. The van der Waals surface area contributed by atoms with E-state index in [2.05, 4.69) is 0 Å². The highest BCUT2D eigenvalue weighted by molar-refractivity contribution is 5.80. The minimum Gasteiger partial charge on any atom is -0.388 e. The quantitative estimate of drug-likeness (QED) is 0.455. The van der Waals surface area contributed by atoms with Gasteiger partial charge in [0.2, 0.25) is 0 Å². The number of carbonyl (C=O) groups is 1. The van der Waals surface area contributed by atoms with Crippen molar-refractivity contribution < 1.29 is 24.9 Å². The maximum Gasteiger partial charge on any atom is 0.160 e. The Morgan fingerprint density at radius 2 is 2.17 bits per heavy atom. The zero-order valence-electron chi connectivity index (χ0n) is 6.67. The van der Waals surface area contributed by atoms with Gasteiger partial charge in [-0.25, -0.2) is 0 Å². The number of hydrogen-bond donors (Lipinski definition) is 3. The topological polar surface area (TPSA) is 87.0 Å². The summed E-state index contributed by atoms with van der Waals surface area (Å²) in [6, 6.07) is 0. The van der Waals surface area contributed by atoms with Crippen LogP contribution in [0.2, 0.25) is 0 Å². The molecule has 0 saturated carbocycles. The molecule has 70 valence electrons. The first-order valence-electron chi connectivity index (χ1n) is 3.70. The van der Waals surface area contributed by atoms with Gasteiger partial charge in [-0.2, -0.15) is 0 Å². The summed E-state index contributed by atoms with van der Waals surface area (Å²) in [5, 5.41) is 27.4. The van der Waals surface area contributed by atoms with Crippen LogP contribution in [0.3, 0.4) is 0 Å². The smallest absolute Gasteiger partial charge is 0.160 e. The molecule has 0 spiro atoms. The van der Waals surface area contributed by atoms with E-state index in [0.29, 0.717) is 0 Å². The highest BCUT2D eigenvalue weighted by atomic mass is 16.5. The molecule has 1 fully saturated rings. The van der Waals surface area contributed by atoms with E-state index in [1.54, 1.807) is 0 Å². The normalized spacial score (nSPS) is 38.2. The summed E-state index contributed by atoms with van der Waals surface area (Å²) in [5.74, 6) is -0.479. The van der Waals surface area contributed by atoms with Gasteiger partial charge in [0.25, 0.3) is 0 Å². The maximum absolute atomic E-state index is 10.7. The molecule has 5 nitrogen and oxygen atoms in total. The molecule has 12 heavy (non-hydrogen) atoms. The summed E-state index contributed by atoms with van der Waals surface area (Å²) in [4.78, 5) is 10.7. The fourth-order valence-corrected chi connectivity index (χ4v) is 1.14. The molecule has 1 unspecified atom stereocenters. The van der Waals surface area contributed by atoms with Crippen molar-refractivity contribution in [2.24, 2.45) is 0 Å². The zero-order chi connectivity index (χ0) is 9.30. The average Bonchev–Trinajstić information content (AvgIpc) is 2.32. The Kier molecular flexibility index (Phi) is 2.79. The lowest BCUT2D eigenvalue weighted by Gasteiger charge is -2.18. The van der Waals surface area contributed by atoms with Crippen LogP contribution in [0, 0.1) is 0 Å². The van der Waals surface area contributed by atoms with Gasteiger partial charge in [-0.3, -0.25) is 4.79 Å². The third-order valence-corrected chi connectivity index (χ3v) is 1.92. The van der Waals surface area contributed by atoms with E-state index in [4.69, 9.17) is 14.9 Å². The van der Waals surface area contributed by atoms with Crippen molar-refractivity contribution in [2.75, 3.05) is 6.61 Å². The van der Waals surface area contributed by atoms with Crippen LogP contribution in [-0.4, -0.2) is 52.1 Å². The molecule has 0 radical (unpaired) electrons. The maximum atomic E-state index is 10.7. The lowest BCUT2D eigenvalue weighted by Crippen LogP contribution is -2.41. The Balaban J connectivity index is 2.59.